The van der Waals surface area contributed by atoms with E-state index in [9.17, 15) is 4.79 Å². The lowest BCUT2D eigenvalue weighted by Gasteiger charge is -2.13. The fourth-order valence-electron chi connectivity index (χ4n) is 2.41. The molecule has 0 aliphatic heterocycles. The largest absolute Gasteiger partial charge is 0.487 e. The summed E-state index contributed by atoms with van der Waals surface area (Å²) in [5.41, 5.74) is 2.39. The van der Waals surface area contributed by atoms with Gasteiger partial charge in [-0.05, 0) is 35.9 Å². The van der Waals surface area contributed by atoms with Crippen LogP contribution in [0.25, 0.3) is 0 Å². The van der Waals surface area contributed by atoms with Gasteiger partial charge in [0.05, 0.1) is 22.3 Å². The van der Waals surface area contributed by atoms with Gasteiger partial charge in [0.25, 0.3) is 0 Å². The van der Waals surface area contributed by atoms with E-state index in [1.807, 2.05) is 48.5 Å². The third-order valence-corrected chi connectivity index (χ3v) is 4.51. The van der Waals surface area contributed by atoms with Gasteiger partial charge >= 0.3 is 0 Å². The molecule has 0 unspecified atom stereocenters. The number of hydrogen-bond donors (Lipinski definition) is 2. The van der Waals surface area contributed by atoms with Crippen LogP contribution >= 0.6 is 23.2 Å². The van der Waals surface area contributed by atoms with Crippen molar-refractivity contribution in [2.24, 2.45) is 0 Å². The first-order valence-corrected chi connectivity index (χ1v) is 9.12. The lowest BCUT2D eigenvalue weighted by molar-refractivity contribution is -0.114. The lowest BCUT2D eigenvalue weighted by atomic mass is 10.2. The second-order valence-corrected chi connectivity index (χ2v) is 6.62. The van der Waals surface area contributed by atoms with Gasteiger partial charge in [0.1, 0.15) is 12.4 Å². The Morgan fingerprint density at radius 2 is 1.63 bits per heavy atom. The molecule has 2 N–H and O–H groups in total. The van der Waals surface area contributed by atoms with E-state index in [1.54, 1.807) is 24.3 Å². The molecule has 3 aromatic rings. The monoisotopic (exact) mass is 400 g/mol. The smallest absolute Gasteiger partial charge is 0.243 e. The summed E-state index contributed by atoms with van der Waals surface area (Å²) < 4.78 is 5.85. The molecule has 0 bridgehead atoms. The molecule has 27 heavy (non-hydrogen) atoms. The Labute approximate surface area is 168 Å². The van der Waals surface area contributed by atoms with Crippen LogP contribution in [0.4, 0.5) is 11.4 Å². The number of benzene rings is 3. The summed E-state index contributed by atoms with van der Waals surface area (Å²) in [5, 5.41) is 6.77. The molecule has 6 heteroatoms. The highest BCUT2D eigenvalue weighted by atomic mass is 35.5. The predicted octanol–water partition coefficient (Wildman–Crippen LogP) is 5.62. The van der Waals surface area contributed by atoms with E-state index in [1.165, 1.54) is 0 Å². The minimum absolute atomic E-state index is 0.0883. The van der Waals surface area contributed by atoms with Gasteiger partial charge in [-0.15, -0.1) is 0 Å². The third-order valence-electron chi connectivity index (χ3n) is 3.77. The van der Waals surface area contributed by atoms with E-state index >= 15 is 0 Å². The van der Waals surface area contributed by atoms with E-state index in [-0.39, 0.29) is 12.5 Å². The van der Waals surface area contributed by atoms with E-state index in [4.69, 9.17) is 27.9 Å². The number of halogens is 2. The molecular formula is C21H18Cl2N2O2. The Morgan fingerprint density at radius 1 is 0.889 bits per heavy atom. The van der Waals surface area contributed by atoms with Gasteiger partial charge in [-0.25, -0.2) is 0 Å². The molecule has 3 aromatic carbocycles. The van der Waals surface area contributed by atoms with Gasteiger partial charge in [-0.1, -0.05) is 65.7 Å². The summed E-state index contributed by atoms with van der Waals surface area (Å²) in [5.74, 6) is 0.418. The number of nitrogens with one attached hydrogen (secondary N) is 2. The van der Waals surface area contributed by atoms with Gasteiger partial charge in [-0.3, -0.25) is 4.79 Å². The van der Waals surface area contributed by atoms with Gasteiger partial charge in [-0.2, -0.15) is 0 Å². The zero-order valence-corrected chi connectivity index (χ0v) is 15.9. The second-order valence-electron chi connectivity index (χ2n) is 5.80. The van der Waals surface area contributed by atoms with Crippen LogP contribution in [-0.4, -0.2) is 12.5 Å². The standard InChI is InChI=1S/C21H18Cl2N2O2/c22-17-11-10-16(12-18(17)23)24-13-21(26)25-19-8-4-5-9-20(19)27-14-15-6-2-1-3-7-15/h1-12,24H,13-14H2,(H,25,26). The average Bonchev–Trinajstić information content (AvgIpc) is 2.69. The maximum absolute atomic E-state index is 12.3. The molecule has 0 aliphatic rings. The molecule has 4 nitrogen and oxygen atoms in total. The zero-order chi connectivity index (χ0) is 19.1. The molecule has 138 valence electrons. The fourth-order valence-corrected chi connectivity index (χ4v) is 2.71. The molecule has 1 amide bonds. The number of carbonyl (C=O) groups is 1. The molecule has 0 spiro atoms. The first kappa shape index (κ1) is 19.1. The van der Waals surface area contributed by atoms with Crippen LogP contribution in [0.5, 0.6) is 5.75 Å². The zero-order valence-electron chi connectivity index (χ0n) is 14.4. The van der Waals surface area contributed by atoms with E-state index in [0.29, 0.717) is 33.8 Å². The molecule has 0 fully saturated rings. The van der Waals surface area contributed by atoms with E-state index in [2.05, 4.69) is 10.6 Å². The van der Waals surface area contributed by atoms with Crippen LogP contribution in [-0.2, 0) is 11.4 Å². The summed E-state index contributed by atoms with van der Waals surface area (Å²) in [6.45, 7) is 0.514. The minimum Gasteiger partial charge on any atom is -0.487 e. The third kappa shape index (κ3) is 5.64. The van der Waals surface area contributed by atoms with Crippen LogP contribution < -0.4 is 15.4 Å². The summed E-state index contributed by atoms with van der Waals surface area (Å²) in [6.07, 6.45) is 0. The minimum atomic E-state index is -0.197. The quantitative estimate of drug-likeness (QED) is 0.540. The van der Waals surface area contributed by atoms with Crippen molar-refractivity contribution in [3.05, 3.63) is 88.4 Å². The maximum Gasteiger partial charge on any atom is 0.243 e. The predicted molar refractivity (Wildman–Crippen MR) is 111 cm³/mol. The lowest BCUT2D eigenvalue weighted by Crippen LogP contribution is -2.22. The number of ether oxygens (including phenoxy) is 1. The Hall–Kier alpha value is -2.69. The van der Waals surface area contributed by atoms with Gasteiger partial charge in [0, 0.05) is 5.69 Å². The first-order chi connectivity index (χ1) is 13.1. The number of anilines is 2. The Bertz CT molecular complexity index is 917. The first-order valence-electron chi connectivity index (χ1n) is 8.36. The van der Waals surface area contributed by atoms with Crippen LogP contribution in [0.1, 0.15) is 5.56 Å². The normalized spacial score (nSPS) is 10.3. The molecule has 3 rings (SSSR count). The van der Waals surface area contributed by atoms with Crippen molar-refractivity contribution in [1.82, 2.24) is 0 Å². The average molecular weight is 401 g/mol. The number of hydrogen-bond acceptors (Lipinski definition) is 3. The highest BCUT2D eigenvalue weighted by Crippen LogP contribution is 2.26. The topological polar surface area (TPSA) is 50.4 Å². The van der Waals surface area contributed by atoms with Crippen molar-refractivity contribution in [2.45, 2.75) is 6.61 Å². The van der Waals surface area contributed by atoms with Gasteiger partial charge in [0.2, 0.25) is 5.91 Å². The van der Waals surface area contributed by atoms with Crippen molar-refractivity contribution >= 4 is 40.5 Å². The Morgan fingerprint density at radius 3 is 2.41 bits per heavy atom. The molecular weight excluding hydrogens is 383 g/mol. The number of carbonyl (C=O) groups excluding carboxylic acids is 1. The summed E-state index contributed by atoms with van der Waals surface area (Å²) in [4.78, 5) is 12.3. The summed E-state index contributed by atoms with van der Waals surface area (Å²) in [7, 11) is 0. The van der Waals surface area contributed by atoms with Crippen molar-refractivity contribution in [3.63, 3.8) is 0 Å². The molecule has 0 saturated heterocycles. The summed E-state index contributed by atoms with van der Waals surface area (Å²) in [6, 6.07) is 22.3. The molecule has 0 aromatic heterocycles. The SMILES string of the molecule is O=C(CNc1ccc(Cl)c(Cl)c1)Nc1ccccc1OCc1ccccc1. The highest BCUT2D eigenvalue weighted by Gasteiger charge is 2.08. The number of amides is 1. The number of rotatable bonds is 7. The van der Waals surface area contributed by atoms with E-state index in [0.717, 1.165) is 5.56 Å². The van der Waals surface area contributed by atoms with E-state index < -0.39 is 0 Å². The molecule has 0 aliphatic carbocycles. The van der Waals surface area contributed by atoms with Crippen LogP contribution in [0.3, 0.4) is 0 Å². The van der Waals surface area contributed by atoms with Crippen molar-refractivity contribution < 1.29 is 9.53 Å². The Kier molecular flexibility index (Phi) is 6.58. The van der Waals surface area contributed by atoms with Crippen LogP contribution in [0, 0.1) is 0 Å². The van der Waals surface area contributed by atoms with Crippen LogP contribution in [0.15, 0.2) is 72.8 Å². The van der Waals surface area contributed by atoms with Gasteiger partial charge in [0.15, 0.2) is 0 Å². The van der Waals surface area contributed by atoms with Crippen molar-refractivity contribution in [2.75, 3.05) is 17.2 Å². The number of para-hydroxylation sites is 2. The van der Waals surface area contributed by atoms with Crippen LogP contribution in [0.2, 0.25) is 10.0 Å². The molecule has 0 saturated carbocycles. The second kappa shape index (κ2) is 9.31. The molecule has 0 heterocycles. The Balaban J connectivity index is 1.58. The van der Waals surface area contributed by atoms with Crippen molar-refractivity contribution in [3.8, 4) is 5.75 Å². The fraction of sp³-hybridized carbons (Fsp3) is 0.0952. The maximum atomic E-state index is 12.3. The highest BCUT2D eigenvalue weighted by molar-refractivity contribution is 6.42. The van der Waals surface area contributed by atoms with Crippen molar-refractivity contribution in [1.29, 1.82) is 0 Å². The summed E-state index contributed by atoms with van der Waals surface area (Å²) >= 11 is 11.9. The van der Waals surface area contributed by atoms with Gasteiger partial charge < -0.3 is 15.4 Å². The molecule has 0 radical (unpaired) electrons. The molecule has 0 atom stereocenters.